The lowest BCUT2D eigenvalue weighted by Gasteiger charge is -2.19. The Bertz CT molecular complexity index is 1340. The molecule has 0 bridgehead atoms. The number of Topliss-reactive ketones (excluding diaryl/α,β-unsaturated/α-hetero) is 1. The third-order valence-electron chi connectivity index (χ3n) is 5.27. The number of carbonyl (C=O) groups excluding carboxylic acids is 1. The second kappa shape index (κ2) is 9.42. The summed E-state index contributed by atoms with van der Waals surface area (Å²) in [6, 6.07) is 20.7. The molecular formula is C26H24N2O4S. The van der Waals surface area contributed by atoms with E-state index in [1.807, 2.05) is 13.8 Å². The Morgan fingerprint density at radius 2 is 1.55 bits per heavy atom. The highest BCUT2D eigenvalue weighted by Gasteiger charge is 2.26. The van der Waals surface area contributed by atoms with Crippen molar-refractivity contribution in [1.82, 2.24) is 0 Å². The van der Waals surface area contributed by atoms with Crippen molar-refractivity contribution in [2.75, 3.05) is 11.9 Å². The number of aryl methyl sites for hydroxylation is 1. The van der Waals surface area contributed by atoms with Gasteiger partial charge in [0.05, 0.1) is 22.9 Å². The van der Waals surface area contributed by atoms with Gasteiger partial charge in [-0.3, -0.25) is 4.79 Å². The molecule has 1 aliphatic rings. The van der Waals surface area contributed by atoms with Gasteiger partial charge < -0.3 is 10.1 Å². The molecule has 0 fully saturated rings. The van der Waals surface area contributed by atoms with Crippen LogP contribution in [0.4, 0.5) is 5.69 Å². The topological polar surface area (TPSA) is 84.8 Å². The Morgan fingerprint density at radius 3 is 2.18 bits per heavy atom. The Labute approximate surface area is 193 Å². The van der Waals surface area contributed by atoms with Crippen LogP contribution in [0.5, 0.6) is 5.75 Å². The van der Waals surface area contributed by atoms with E-state index < -0.39 is 10.0 Å². The number of ketones is 1. The van der Waals surface area contributed by atoms with E-state index in [0.717, 1.165) is 17.7 Å². The zero-order valence-electron chi connectivity index (χ0n) is 18.4. The number of benzene rings is 3. The quantitative estimate of drug-likeness (QED) is 0.535. The fraction of sp³-hybridized carbons (Fsp3) is 0.154. The molecule has 7 heteroatoms. The van der Waals surface area contributed by atoms with Gasteiger partial charge in [-0.1, -0.05) is 43.3 Å². The number of hydrogen-bond donors (Lipinski definition) is 1. The second-order valence-electron chi connectivity index (χ2n) is 7.46. The van der Waals surface area contributed by atoms with Crippen molar-refractivity contribution in [3.8, 4) is 5.75 Å². The number of nitrogens with one attached hydrogen (secondary N) is 1. The molecule has 3 aromatic carbocycles. The lowest BCUT2D eigenvalue weighted by atomic mass is 9.92. The van der Waals surface area contributed by atoms with E-state index in [0.29, 0.717) is 23.4 Å². The van der Waals surface area contributed by atoms with Gasteiger partial charge in [0.1, 0.15) is 5.75 Å². The smallest absolute Gasteiger partial charge is 0.282 e. The first-order valence-corrected chi connectivity index (χ1v) is 12.1. The molecule has 0 spiro atoms. The van der Waals surface area contributed by atoms with Gasteiger partial charge in [-0.15, -0.1) is 0 Å². The molecule has 6 nitrogen and oxygen atoms in total. The monoisotopic (exact) mass is 460 g/mol. The number of anilines is 1. The molecule has 0 radical (unpaired) electrons. The van der Waals surface area contributed by atoms with Crippen molar-refractivity contribution in [2.45, 2.75) is 25.2 Å². The first-order chi connectivity index (χ1) is 15.9. The number of rotatable bonds is 7. The fourth-order valence-corrected chi connectivity index (χ4v) is 4.53. The highest BCUT2D eigenvalue weighted by Crippen LogP contribution is 2.26. The van der Waals surface area contributed by atoms with Crippen molar-refractivity contribution < 1.29 is 17.9 Å². The van der Waals surface area contributed by atoms with Crippen molar-refractivity contribution in [3.05, 3.63) is 101 Å². The number of fused-ring (bicyclic) bond motifs is 1. The number of hydrogen-bond acceptors (Lipinski definition) is 5. The molecule has 168 valence electrons. The van der Waals surface area contributed by atoms with E-state index in [-0.39, 0.29) is 22.1 Å². The number of nitrogens with zero attached hydrogens (tertiary/aromatic N) is 1. The molecule has 0 saturated heterocycles. The minimum absolute atomic E-state index is 0.107. The van der Waals surface area contributed by atoms with E-state index in [4.69, 9.17) is 4.74 Å². The summed E-state index contributed by atoms with van der Waals surface area (Å²) in [5, 5.41) is 3.09. The molecule has 0 aliphatic heterocycles. The van der Waals surface area contributed by atoms with Gasteiger partial charge in [-0.25, -0.2) is 0 Å². The Morgan fingerprint density at radius 1 is 0.879 bits per heavy atom. The van der Waals surface area contributed by atoms with E-state index in [1.54, 1.807) is 72.8 Å². The van der Waals surface area contributed by atoms with Crippen LogP contribution in [0.3, 0.4) is 0 Å². The van der Waals surface area contributed by atoms with Gasteiger partial charge in [0.25, 0.3) is 10.0 Å². The summed E-state index contributed by atoms with van der Waals surface area (Å²) in [4.78, 5) is 13.2. The van der Waals surface area contributed by atoms with Crippen LogP contribution in [0.2, 0.25) is 0 Å². The van der Waals surface area contributed by atoms with Gasteiger partial charge >= 0.3 is 0 Å². The molecule has 0 heterocycles. The van der Waals surface area contributed by atoms with E-state index in [9.17, 15) is 13.2 Å². The largest absolute Gasteiger partial charge is 0.494 e. The van der Waals surface area contributed by atoms with Crippen LogP contribution in [-0.2, 0) is 16.4 Å². The van der Waals surface area contributed by atoms with E-state index >= 15 is 0 Å². The Hall–Kier alpha value is -3.71. The SMILES string of the molecule is CCOc1ccc(NC2=CC(=NS(=O)(=O)c3ccc(CC)cc3)c3ccccc3C2=O)cc1. The summed E-state index contributed by atoms with van der Waals surface area (Å²) < 4.78 is 35.6. The molecule has 4 rings (SSSR count). The van der Waals surface area contributed by atoms with Gasteiger partial charge in [0.15, 0.2) is 0 Å². The third kappa shape index (κ3) is 4.88. The zero-order valence-corrected chi connectivity index (χ0v) is 19.2. The predicted molar refractivity (Wildman–Crippen MR) is 130 cm³/mol. The molecule has 1 N–H and O–H groups in total. The van der Waals surface area contributed by atoms with E-state index in [2.05, 4.69) is 9.71 Å². The van der Waals surface area contributed by atoms with Crippen LogP contribution in [0.15, 0.2) is 93.9 Å². The molecule has 0 saturated carbocycles. The van der Waals surface area contributed by atoms with Crippen LogP contribution in [0, 0.1) is 0 Å². The lowest BCUT2D eigenvalue weighted by molar-refractivity contribution is 0.103. The van der Waals surface area contributed by atoms with Crippen LogP contribution in [-0.4, -0.2) is 26.5 Å². The van der Waals surface area contributed by atoms with Gasteiger partial charge in [0.2, 0.25) is 5.78 Å². The van der Waals surface area contributed by atoms with Crippen LogP contribution < -0.4 is 10.1 Å². The first-order valence-electron chi connectivity index (χ1n) is 10.7. The molecule has 0 unspecified atom stereocenters. The molecule has 33 heavy (non-hydrogen) atoms. The number of allylic oxidation sites excluding steroid dienone is 2. The van der Waals surface area contributed by atoms with Crippen LogP contribution in [0.1, 0.15) is 35.3 Å². The predicted octanol–water partition coefficient (Wildman–Crippen LogP) is 5.02. The summed E-state index contributed by atoms with van der Waals surface area (Å²) >= 11 is 0. The minimum Gasteiger partial charge on any atom is -0.494 e. The summed E-state index contributed by atoms with van der Waals surface area (Å²) in [5.74, 6) is 0.489. The molecule has 0 atom stereocenters. The summed E-state index contributed by atoms with van der Waals surface area (Å²) in [6.45, 7) is 4.47. The second-order valence-corrected chi connectivity index (χ2v) is 9.07. The average Bonchev–Trinajstić information content (AvgIpc) is 2.83. The van der Waals surface area contributed by atoms with E-state index in [1.165, 1.54) is 6.08 Å². The Kier molecular flexibility index (Phi) is 6.42. The van der Waals surface area contributed by atoms with Crippen molar-refractivity contribution >= 4 is 27.2 Å². The zero-order chi connectivity index (χ0) is 23.4. The average molecular weight is 461 g/mol. The normalized spacial score (nSPS) is 14.5. The fourth-order valence-electron chi connectivity index (χ4n) is 3.53. The van der Waals surface area contributed by atoms with Crippen LogP contribution in [0.25, 0.3) is 0 Å². The number of carbonyl (C=O) groups is 1. The highest BCUT2D eigenvalue weighted by molar-refractivity contribution is 7.90. The lowest BCUT2D eigenvalue weighted by Crippen LogP contribution is -2.22. The van der Waals surface area contributed by atoms with Gasteiger partial charge in [0, 0.05) is 16.8 Å². The maximum Gasteiger partial charge on any atom is 0.282 e. The maximum atomic E-state index is 13.1. The number of ether oxygens (including phenoxy) is 1. The molecule has 0 amide bonds. The van der Waals surface area contributed by atoms with Crippen molar-refractivity contribution in [2.24, 2.45) is 4.40 Å². The van der Waals surface area contributed by atoms with Crippen molar-refractivity contribution in [1.29, 1.82) is 0 Å². The molecule has 3 aromatic rings. The van der Waals surface area contributed by atoms with Crippen molar-refractivity contribution in [3.63, 3.8) is 0 Å². The first kappa shape index (κ1) is 22.5. The third-order valence-corrected chi connectivity index (χ3v) is 6.57. The Balaban J connectivity index is 1.73. The summed E-state index contributed by atoms with van der Waals surface area (Å²) in [5.41, 5.74) is 3.04. The summed E-state index contributed by atoms with van der Waals surface area (Å²) in [6.07, 6.45) is 2.30. The molecular weight excluding hydrogens is 436 g/mol. The van der Waals surface area contributed by atoms with Gasteiger partial charge in [-0.05, 0) is 61.4 Å². The molecule has 1 aliphatic carbocycles. The number of sulfonamides is 1. The minimum atomic E-state index is -3.97. The maximum absolute atomic E-state index is 13.1. The standard InChI is InChI=1S/C26H24N2O4S/c1-3-18-9-15-21(16-10-18)33(30,31)28-24-17-25(26(29)23-8-6-5-7-22(23)24)27-19-11-13-20(14-12-19)32-4-2/h5-17,27H,3-4H2,1-2H3. The highest BCUT2D eigenvalue weighted by atomic mass is 32.2. The molecule has 0 aromatic heterocycles. The van der Waals surface area contributed by atoms with Gasteiger partial charge in [-0.2, -0.15) is 12.8 Å². The summed E-state index contributed by atoms with van der Waals surface area (Å²) in [7, 11) is -3.97. The van der Waals surface area contributed by atoms with Crippen LogP contribution >= 0.6 is 0 Å².